The number of H-pyrrole nitrogens is 1. The average Bonchev–Trinajstić information content (AvgIpc) is 2.81. The van der Waals surface area contributed by atoms with Crippen molar-refractivity contribution in [1.29, 1.82) is 0 Å². The van der Waals surface area contributed by atoms with Crippen LogP contribution in [0.1, 0.15) is 19.7 Å². The molecule has 19 heavy (non-hydrogen) atoms. The first-order valence-corrected chi connectivity index (χ1v) is 7.05. The van der Waals surface area contributed by atoms with Crippen LogP contribution in [0.2, 0.25) is 0 Å². The number of aromatic amines is 1. The molecule has 1 heterocycles. The molecule has 0 atom stereocenters. The normalized spacial score (nSPS) is 11.2. The Morgan fingerprint density at radius 3 is 2.89 bits per heavy atom. The summed E-state index contributed by atoms with van der Waals surface area (Å²) >= 11 is 3.19. The quantitative estimate of drug-likeness (QED) is 0.879. The highest BCUT2D eigenvalue weighted by atomic mass is 79.9. The molecule has 0 saturated heterocycles. The molecule has 0 aliphatic carbocycles. The highest BCUT2D eigenvalue weighted by Crippen LogP contribution is 2.23. The maximum absolute atomic E-state index is 13.2. The average molecular weight is 326 g/mol. The first kappa shape index (κ1) is 14.2. The summed E-state index contributed by atoms with van der Waals surface area (Å²) in [6.45, 7) is 5.99. The van der Waals surface area contributed by atoms with E-state index in [9.17, 15) is 4.39 Å². The van der Waals surface area contributed by atoms with Crippen molar-refractivity contribution in [1.82, 2.24) is 15.3 Å². The molecule has 0 spiro atoms. The zero-order chi connectivity index (χ0) is 13.8. The van der Waals surface area contributed by atoms with Gasteiger partial charge >= 0.3 is 0 Å². The molecule has 0 unspecified atom stereocenters. The maximum Gasteiger partial charge on any atom is 0.137 e. The highest BCUT2D eigenvalue weighted by Gasteiger charge is 2.06. The van der Waals surface area contributed by atoms with E-state index < -0.39 is 0 Å². The van der Waals surface area contributed by atoms with Crippen LogP contribution >= 0.6 is 15.9 Å². The van der Waals surface area contributed by atoms with Gasteiger partial charge in [0.2, 0.25) is 0 Å². The van der Waals surface area contributed by atoms with Gasteiger partial charge in [-0.15, -0.1) is 0 Å². The van der Waals surface area contributed by atoms with Gasteiger partial charge in [-0.1, -0.05) is 13.8 Å². The number of nitrogens with one attached hydrogen (secondary N) is 2. The van der Waals surface area contributed by atoms with Gasteiger partial charge in [-0.3, -0.25) is 0 Å². The molecule has 0 fully saturated rings. The van der Waals surface area contributed by atoms with Gasteiger partial charge in [0.1, 0.15) is 11.6 Å². The van der Waals surface area contributed by atoms with Crippen molar-refractivity contribution in [2.45, 2.75) is 20.4 Å². The fraction of sp³-hybridized carbons (Fsp3) is 0.357. The number of hydrogen-bond acceptors (Lipinski definition) is 2. The molecular formula is C14H17BrFN3. The monoisotopic (exact) mass is 325 g/mol. The Morgan fingerprint density at radius 1 is 1.42 bits per heavy atom. The summed E-state index contributed by atoms with van der Waals surface area (Å²) in [5, 5.41) is 3.32. The second-order valence-electron chi connectivity index (χ2n) is 4.90. The van der Waals surface area contributed by atoms with Crippen LogP contribution < -0.4 is 5.32 Å². The van der Waals surface area contributed by atoms with E-state index in [1.165, 1.54) is 6.07 Å². The van der Waals surface area contributed by atoms with E-state index in [1.54, 1.807) is 18.3 Å². The fourth-order valence-electron chi connectivity index (χ4n) is 1.74. The smallest absolute Gasteiger partial charge is 0.137 e. The Hall–Kier alpha value is -1.20. The molecule has 0 aliphatic heterocycles. The standard InChI is InChI=1S/C14H17BrFN3/c1-9(2)6-17-8-14-18-7-13(19-14)10-3-4-12(16)11(15)5-10/h3-5,7,9,17H,6,8H2,1-2H3,(H,18,19). The number of nitrogens with zero attached hydrogens (tertiary/aromatic N) is 1. The Bertz CT molecular complexity index is 551. The lowest BCUT2D eigenvalue weighted by Gasteiger charge is -2.05. The molecule has 1 aromatic heterocycles. The van der Waals surface area contributed by atoms with Gasteiger partial charge in [-0.25, -0.2) is 9.37 Å². The van der Waals surface area contributed by atoms with Crippen LogP contribution in [0.5, 0.6) is 0 Å². The molecule has 0 aliphatic rings. The maximum atomic E-state index is 13.2. The van der Waals surface area contributed by atoms with Crippen molar-refractivity contribution in [3.8, 4) is 11.3 Å². The lowest BCUT2D eigenvalue weighted by atomic mass is 10.2. The molecule has 2 rings (SSSR count). The summed E-state index contributed by atoms with van der Waals surface area (Å²) in [7, 11) is 0. The zero-order valence-electron chi connectivity index (χ0n) is 11.0. The number of aromatic nitrogens is 2. The van der Waals surface area contributed by atoms with Crippen LogP contribution in [0.4, 0.5) is 4.39 Å². The van der Waals surface area contributed by atoms with Gasteiger partial charge < -0.3 is 10.3 Å². The third-order valence-electron chi connectivity index (χ3n) is 2.70. The minimum absolute atomic E-state index is 0.262. The molecule has 2 aromatic rings. The molecule has 0 radical (unpaired) electrons. The summed E-state index contributed by atoms with van der Waals surface area (Å²) in [6.07, 6.45) is 1.77. The van der Waals surface area contributed by atoms with Gasteiger partial charge in [-0.2, -0.15) is 0 Å². The van der Waals surface area contributed by atoms with Gasteiger partial charge in [0, 0.05) is 5.56 Å². The number of hydrogen-bond donors (Lipinski definition) is 2. The first-order valence-electron chi connectivity index (χ1n) is 6.26. The third kappa shape index (κ3) is 3.88. The topological polar surface area (TPSA) is 40.7 Å². The van der Waals surface area contributed by atoms with E-state index in [0.717, 1.165) is 23.6 Å². The third-order valence-corrected chi connectivity index (χ3v) is 3.31. The highest BCUT2D eigenvalue weighted by molar-refractivity contribution is 9.10. The summed E-state index contributed by atoms with van der Waals surface area (Å²) in [5.41, 5.74) is 1.80. The number of rotatable bonds is 5. The second-order valence-corrected chi connectivity index (χ2v) is 5.75. The fourth-order valence-corrected chi connectivity index (χ4v) is 2.12. The predicted molar refractivity (Wildman–Crippen MR) is 78.2 cm³/mol. The lowest BCUT2D eigenvalue weighted by Crippen LogP contribution is -2.19. The Balaban J connectivity index is 2.05. The minimum atomic E-state index is -0.262. The van der Waals surface area contributed by atoms with E-state index in [-0.39, 0.29) is 5.82 Å². The number of imidazole rings is 1. The van der Waals surface area contributed by atoms with Crippen molar-refractivity contribution in [2.24, 2.45) is 5.92 Å². The van der Waals surface area contributed by atoms with E-state index in [0.29, 0.717) is 16.9 Å². The molecule has 0 amide bonds. The SMILES string of the molecule is CC(C)CNCc1ncc(-c2ccc(F)c(Br)c2)[nH]1. The van der Waals surface area contributed by atoms with Gasteiger partial charge in [0.25, 0.3) is 0 Å². The molecule has 0 saturated carbocycles. The van der Waals surface area contributed by atoms with Crippen LogP contribution in [0, 0.1) is 11.7 Å². The predicted octanol–water partition coefficient (Wildman–Crippen LogP) is 3.72. The van der Waals surface area contributed by atoms with Crippen molar-refractivity contribution in [3.63, 3.8) is 0 Å². The van der Waals surface area contributed by atoms with Crippen LogP contribution in [-0.4, -0.2) is 16.5 Å². The largest absolute Gasteiger partial charge is 0.341 e. The first-order chi connectivity index (χ1) is 9.06. The van der Waals surface area contributed by atoms with Crippen molar-refractivity contribution >= 4 is 15.9 Å². The Morgan fingerprint density at radius 2 is 2.21 bits per heavy atom. The molecular weight excluding hydrogens is 309 g/mol. The van der Waals surface area contributed by atoms with Crippen LogP contribution in [0.15, 0.2) is 28.9 Å². The van der Waals surface area contributed by atoms with E-state index in [4.69, 9.17) is 0 Å². The molecule has 2 N–H and O–H groups in total. The second kappa shape index (κ2) is 6.30. The van der Waals surface area contributed by atoms with Gasteiger partial charge in [0.15, 0.2) is 0 Å². The van der Waals surface area contributed by atoms with E-state index >= 15 is 0 Å². The summed E-state index contributed by atoms with van der Waals surface area (Å²) < 4.78 is 13.6. The Labute approximate surface area is 120 Å². The van der Waals surface area contributed by atoms with Crippen LogP contribution in [-0.2, 0) is 6.54 Å². The van der Waals surface area contributed by atoms with Crippen LogP contribution in [0.25, 0.3) is 11.3 Å². The molecule has 5 heteroatoms. The molecule has 0 bridgehead atoms. The van der Waals surface area contributed by atoms with Crippen molar-refractivity contribution < 1.29 is 4.39 Å². The number of halogens is 2. The van der Waals surface area contributed by atoms with Crippen molar-refractivity contribution in [3.05, 3.63) is 40.5 Å². The summed E-state index contributed by atoms with van der Waals surface area (Å²) in [5.74, 6) is 1.24. The molecule has 3 nitrogen and oxygen atoms in total. The van der Waals surface area contributed by atoms with Crippen molar-refractivity contribution in [2.75, 3.05) is 6.54 Å². The van der Waals surface area contributed by atoms with E-state index in [1.807, 2.05) is 0 Å². The number of benzene rings is 1. The van der Waals surface area contributed by atoms with E-state index in [2.05, 4.69) is 45.1 Å². The summed E-state index contributed by atoms with van der Waals surface area (Å²) in [6, 6.07) is 4.92. The minimum Gasteiger partial charge on any atom is -0.341 e. The Kier molecular flexibility index (Phi) is 4.71. The molecule has 102 valence electrons. The molecule has 1 aromatic carbocycles. The van der Waals surface area contributed by atoms with Gasteiger partial charge in [0.05, 0.1) is 22.9 Å². The lowest BCUT2D eigenvalue weighted by molar-refractivity contribution is 0.545. The van der Waals surface area contributed by atoms with Crippen LogP contribution in [0.3, 0.4) is 0 Å². The van der Waals surface area contributed by atoms with Gasteiger partial charge in [-0.05, 0) is 46.6 Å². The zero-order valence-corrected chi connectivity index (χ0v) is 12.6. The summed E-state index contributed by atoms with van der Waals surface area (Å²) in [4.78, 5) is 7.55.